The van der Waals surface area contributed by atoms with Gasteiger partial charge in [-0.15, -0.1) is 10.2 Å². The Labute approximate surface area is 173 Å². The van der Waals surface area contributed by atoms with E-state index in [0.717, 1.165) is 25.7 Å². The van der Waals surface area contributed by atoms with Gasteiger partial charge >= 0.3 is 6.09 Å². The van der Waals surface area contributed by atoms with Crippen LogP contribution in [-0.4, -0.2) is 27.9 Å². The number of benzene rings is 1. The zero-order valence-corrected chi connectivity index (χ0v) is 17.5. The molecule has 0 unspecified atom stereocenters. The lowest BCUT2D eigenvalue weighted by Crippen LogP contribution is -2.40. The lowest BCUT2D eigenvalue weighted by Gasteiger charge is -2.28. The molecular weight excluding hydrogens is 401 g/mol. The van der Waals surface area contributed by atoms with E-state index in [1.165, 1.54) is 12.1 Å². The summed E-state index contributed by atoms with van der Waals surface area (Å²) in [4.78, 5) is 11.9. The van der Waals surface area contributed by atoms with E-state index < -0.39 is 17.5 Å². The fourth-order valence-electron chi connectivity index (χ4n) is 3.16. The van der Waals surface area contributed by atoms with E-state index in [1.54, 1.807) is 6.07 Å². The van der Waals surface area contributed by atoms with Gasteiger partial charge in [0.2, 0.25) is 5.89 Å². The molecule has 0 spiro atoms. The molecule has 0 saturated heterocycles. The van der Waals surface area contributed by atoms with Crippen LogP contribution in [0.4, 0.5) is 9.18 Å². The Hall–Kier alpha value is -2.35. The fourth-order valence-corrected chi connectivity index (χ4v) is 3.28. The molecule has 1 heterocycles. The molecular formula is C20H25ClFN3O4. The van der Waals surface area contributed by atoms with E-state index >= 15 is 0 Å². The third-order valence-electron chi connectivity index (χ3n) is 4.53. The summed E-state index contributed by atoms with van der Waals surface area (Å²) in [5, 5.41) is 11.1. The second-order valence-corrected chi connectivity index (χ2v) is 8.50. The average Bonchev–Trinajstić information content (AvgIpc) is 3.11. The first-order chi connectivity index (χ1) is 13.7. The van der Waals surface area contributed by atoms with Crippen molar-refractivity contribution in [2.24, 2.45) is 0 Å². The molecule has 0 aliphatic heterocycles. The van der Waals surface area contributed by atoms with Gasteiger partial charge in [-0.25, -0.2) is 9.18 Å². The summed E-state index contributed by atoms with van der Waals surface area (Å²) in [6.07, 6.45) is 2.87. The lowest BCUT2D eigenvalue weighted by atomic mass is 9.86. The molecule has 1 aromatic heterocycles. The number of carbonyl (C=O) groups is 1. The molecule has 1 aliphatic carbocycles. The van der Waals surface area contributed by atoms with Crippen LogP contribution in [0, 0.1) is 5.82 Å². The second kappa shape index (κ2) is 8.98. The van der Waals surface area contributed by atoms with Crippen molar-refractivity contribution < 1.29 is 23.1 Å². The number of carbonyl (C=O) groups excluding carboxylic acids is 1. The zero-order valence-electron chi connectivity index (χ0n) is 16.7. The maximum Gasteiger partial charge on any atom is 0.407 e. The third kappa shape index (κ3) is 6.32. The summed E-state index contributed by atoms with van der Waals surface area (Å²) >= 11 is 5.65. The summed E-state index contributed by atoms with van der Waals surface area (Å²) in [5.41, 5.74) is -0.513. The van der Waals surface area contributed by atoms with Gasteiger partial charge in [0, 0.05) is 18.0 Å². The smallest absolute Gasteiger partial charge is 0.407 e. The van der Waals surface area contributed by atoms with Crippen LogP contribution in [0.25, 0.3) is 0 Å². The first-order valence-electron chi connectivity index (χ1n) is 9.59. The minimum absolute atomic E-state index is 0.0363. The van der Waals surface area contributed by atoms with Gasteiger partial charge < -0.3 is 19.2 Å². The van der Waals surface area contributed by atoms with Crippen molar-refractivity contribution in [1.82, 2.24) is 15.5 Å². The van der Waals surface area contributed by atoms with Crippen LogP contribution in [-0.2, 0) is 11.3 Å². The van der Waals surface area contributed by atoms with Crippen LogP contribution in [0.1, 0.15) is 64.2 Å². The number of hydrogen-bond acceptors (Lipinski definition) is 6. The standard InChI is InChI=1S/C20H25ClFN3O4/c1-20(2,3)29-19(26)23-13-6-4-12(5-7-13)18-25-24-17(28-18)11-27-14-8-9-15(21)16(22)10-14/h8-10,12-13H,4-7,11H2,1-3H3,(H,23,26)/t12-,13-. The van der Waals surface area contributed by atoms with E-state index in [-0.39, 0.29) is 23.6 Å². The zero-order chi connectivity index (χ0) is 21.0. The normalized spacial score (nSPS) is 19.6. The molecule has 1 fully saturated rings. The number of nitrogens with one attached hydrogen (secondary N) is 1. The first-order valence-corrected chi connectivity index (χ1v) is 9.97. The Morgan fingerprint density at radius 2 is 2.00 bits per heavy atom. The molecule has 2 aromatic rings. The molecule has 1 N–H and O–H groups in total. The highest BCUT2D eigenvalue weighted by atomic mass is 35.5. The lowest BCUT2D eigenvalue weighted by molar-refractivity contribution is 0.0490. The molecule has 0 atom stereocenters. The van der Waals surface area contributed by atoms with Crippen molar-refractivity contribution in [3.63, 3.8) is 0 Å². The van der Waals surface area contributed by atoms with E-state index in [0.29, 0.717) is 17.5 Å². The number of nitrogens with zero attached hydrogens (tertiary/aromatic N) is 2. The van der Waals surface area contributed by atoms with E-state index in [4.69, 9.17) is 25.5 Å². The second-order valence-electron chi connectivity index (χ2n) is 8.09. The predicted octanol–water partition coefficient (Wildman–Crippen LogP) is 4.99. The van der Waals surface area contributed by atoms with Crippen molar-refractivity contribution in [2.75, 3.05) is 0 Å². The van der Waals surface area contributed by atoms with Gasteiger partial charge in [0.1, 0.15) is 17.2 Å². The molecule has 1 aliphatic rings. The Balaban J connectivity index is 1.46. The van der Waals surface area contributed by atoms with Crippen molar-refractivity contribution in [1.29, 1.82) is 0 Å². The average molecular weight is 426 g/mol. The summed E-state index contributed by atoms with van der Waals surface area (Å²) in [6, 6.07) is 4.28. The minimum Gasteiger partial charge on any atom is -0.484 e. The van der Waals surface area contributed by atoms with Crippen LogP contribution >= 0.6 is 11.6 Å². The van der Waals surface area contributed by atoms with Crippen LogP contribution < -0.4 is 10.1 Å². The number of alkyl carbamates (subject to hydrolysis) is 1. The molecule has 0 bridgehead atoms. The largest absolute Gasteiger partial charge is 0.484 e. The maximum absolute atomic E-state index is 13.4. The van der Waals surface area contributed by atoms with E-state index in [9.17, 15) is 9.18 Å². The van der Waals surface area contributed by atoms with Gasteiger partial charge in [-0.2, -0.15) is 0 Å². The minimum atomic E-state index is -0.549. The number of amides is 1. The predicted molar refractivity (Wildman–Crippen MR) is 104 cm³/mol. The number of halogens is 2. The Kier molecular flexibility index (Phi) is 6.62. The van der Waals surface area contributed by atoms with Crippen molar-refractivity contribution in [2.45, 2.75) is 70.6 Å². The van der Waals surface area contributed by atoms with Crippen molar-refractivity contribution in [3.05, 3.63) is 40.8 Å². The van der Waals surface area contributed by atoms with E-state index in [2.05, 4.69) is 15.5 Å². The maximum atomic E-state index is 13.4. The Morgan fingerprint density at radius 3 is 2.66 bits per heavy atom. The van der Waals surface area contributed by atoms with Crippen molar-refractivity contribution >= 4 is 17.7 Å². The topological polar surface area (TPSA) is 86.5 Å². The highest BCUT2D eigenvalue weighted by Gasteiger charge is 2.28. The van der Waals surface area contributed by atoms with Gasteiger partial charge in [-0.05, 0) is 58.6 Å². The van der Waals surface area contributed by atoms with Gasteiger partial charge in [0.05, 0.1) is 5.02 Å². The van der Waals surface area contributed by atoms with Gasteiger partial charge in [-0.1, -0.05) is 11.6 Å². The van der Waals surface area contributed by atoms with E-state index in [1.807, 2.05) is 20.8 Å². The quantitative estimate of drug-likeness (QED) is 0.726. The monoisotopic (exact) mass is 425 g/mol. The molecule has 158 valence electrons. The van der Waals surface area contributed by atoms with Crippen LogP contribution in [0.2, 0.25) is 5.02 Å². The molecule has 1 saturated carbocycles. The number of hydrogen-bond donors (Lipinski definition) is 1. The number of rotatable bonds is 5. The van der Waals surface area contributed by atoms with Crippen LogP contribution in [0.5, 0.6) is 5.75 Å². The summed E-state index contributed by atoms with van der Waals surface area (Å²) < 4.78 is 29.9. The summed E-state index contributed by atoms with van der Waals surface area (Å²) in [7, 11) is 0. The molecule has 29 heavy (non-hydrogen) atoms. The third-order valence-corrected chi connectivity index (χ3v) is 4.84. The number of aromatic nitrogens is 2. The van der Waals surface area contributed by atoms with Crippen molar-refractivity contribution in [3.8, 4) is 5.75 Å². The summed E-state index contributed by atoms with van der Waals surface area (Å²) in [5.74, 6) is 0.805. The number of ether oxygens (including phenoxy) is 2. The van der Waals surface area contributed by atoms with Gasteiger partial charge in [-0.3, -0.25) is 0 Å². The first kappa shape index (κ1) is 21.4. The molecule has 3 rings (SSSR count). The molecule has 7 nitrogen and oxygen atoms in total. The highest BCUT2D eigenvalue weighted by Crippen LogP contribution is 2.32. The summed E-state index contributed by atoms with van der Waals surface area (Å²) in [6.45, 7) is 5.56. The molecule has 0 radical (unpaired) electrons. The molecule has 1 aromatic carbocycles. The molecule has 1 amide bonds. The SMILES string of the molecule is CC(C)(C)OC(=O)N[C@H]1CC[C@H](c2nnc(COc3ccc(Cl)c(F)c3)o2)CC1. The highest BCUT2D eigenvalue weighted by molar-refractivity contribution is 6.30. The van der Waals surface area contributed by atoms with Crippen LogP contribution in [0.3, 0.4) is 0 Å². The van der Waals surface area contributed by atoms with Gasteiger partial charge in [0.15, 0.2) is 6.61 Å². The fraction of sp³-hybridized carbons (Fsp3) is 0.550. The molecule has 9 heteroatoms. The Bertz CT molecular complexity index is 844. The Morgan fingerprint density at radius 1 is 1.28 bits per heavy atom. The van der Waals surface area contributed by atoms with Crippen LogP contribution in [0.15, 0.2) is 22.6 Å². The van der Waals surface area contributed by atoms with Gasteiger partial charge in [0.25, 0.3) is 5.89 Å².